The first-order chi connectivity index (χ1) is 11.5. The minimum absolute atomic E-state index is 0.216. The van der Waals surface area contributed by atoms with E-state index in [0.29, 0.717) is 23.4 Å². The molecular weight excluding hydrogens is 323 g/mol. The van der Waals surface area contributed by atoms with Crippen molar-refractivity contribution in [2.45, 2.75) is 6.92 Å². The Kier molecular flexibility index (Phi) is 3.98. The molecule has 122 valence electrons. The quantitative estimate of drug-likeness (QED) is 0.748. The van der Waals surface area contributed by atoms with Crippen LogP contribution in [0.5, 0.6) is 0 Å². The summed E-state index contributed by atoms with van der Waals surface area (Å²) in [5, 5.41) is 13.0. The standard InChI is InChI=1S/C15H10F3N5O/c1-8-4-9(2-3-14(8)23-7-19-21-22-23)15(24)20-13-6-11(17)10(16)5-12(13)18/h2-7H,1H3,(H,20,24). The number of rotatable bonds is 3. The van der Waals surface area contributed by atoms with E-state index in [0.717, 1.165) is 0 Å². The van der Waals surface area contributed by atoms with Gasteiger partial charge in [-0.1, -0.05) is 0 Å². The van der Waals surface area contributed by atoms with Crippen LogP contribution in [0.25, 0.3) is 5.69 Å². The highest BCUT2D eigenvalue weighted by molar-refractivity contribution is 6.04. The van der Waals surface area contributed by atoms with Crippen LogP contribution in [-0.2, 0) is 0 Å². The van der Waals surface area contributed by atoms with E-state index in [-0.39, 0.29) is 5.56 Å². The summed E-state index contributed by atoms with van der Waals surface area (Å²) >= 11 is 0. The van der Waals surface area contributed by atoms with Gasteiger partial charge >= 0.3 is 0 Å². The molecule has 0 saturated carbocycles. The maximum atomic E-state index is 13.6. The number of benzene rings is 2. The minimum atomic E-state index is -1.33. The predicted octanol–water partition coefficient (Wildman–Crippen LogP) is 2.64. The van der Waals surface area contributed by atoms with Crippen molar-refractivity contribution in [3.05, 3.63) is 65.2 Å². The first kappa shape index (κ1) is 15.7. The average Bonchev–Trinajstić information content (AvgIpc) is 3.06. The van der Waals surface area contributed by atoms with Crippen molar-refractivity contribution >= 4 is 11.6 Å². The number of carbonyl (C=O) groups excluding carboxylic acids is 1. The number of nitrogens with zero attached hydrogens (tertiary/aromatic N) is 4. The molecule has 2 aromatic carbocycles. The van der Waals surface area contributed by atoms with E-state index >= 15 is 0 Å². The van der Waals surface area contributed by atoms with Crippen molar-refractivity contribution in [1.29, 1.82) is 0 Å². The molecule has 0 fully saturated rings. The molecule has 0 aliphatic rings. The number of carbonyl (C=O) groups is 1. The molecule has 0 bridgehead atoms. The van der Waals surface area contributed by atoms with Gasteiger partial charge in [-0.25, -0.2) is 17.9 Å². The van der Waals surface area contributed by atoms with Crippen LogP contribution in [0.4, 0.5) is 18.9 Å². The lowest BCUT2D eigenvalue weighted by molar-refractivity contribution is 0.102. The molecule has 0 aliphatic heterocycles. The molecule has 0 saturated heterocycles. The molecule has 6 nitrogen and oxygen atoms in total. The van der Waals surface area contributed by atoms with Crippen LogP contribution in [0, 0.1) is 24.4 Å². The first-order valence-corrected chi connectivity index (χ1v) is 6.75. The molecular formula is C15H10F3N5O. The average molecular weight is 333 g/mol. The topological polar surface area (TPSA) is 72.7 Å². The van der Waals surface area contributed by atoms with Gasteiger partial charge in [-0.2, -0.15) is 0 Å². The number of halogens is 3. The van der Waals surface area contributed by atoms with Crippen LogP contribution < -0.4 is 5.32 Å². The Morgan fingerprint density at radius 3 is 2.50 bits per heavy atom. The largest absolute Gasteiger partial charge is 0.319 e. The number of amides is 1. The molecule has 1 N–H and O–H groups in total. The third kappa shape index (κ3) is 2.96. The smallest absolute Gasteiger partial charge is 0.255 e. The molecule has 24 heavy (non-hydrogen) atoms. The molecule has 0 spiro atoms. The van der Waals surface area contributed by atoms with E-state index in [4.69, 9.17) is 0 Å². The molecule has 0 radical (unpaired) electrons. The fourth-order valence-electron chi connectivity index (χ4n) is 2.14. The third-order valence-corrected chi connectivity index (χ3v) is 3.31. The van der Waals surface area contributed by atoms with Gasteiger partial charge in [0, 0.05) is 17.7 Å². The second-order valence-corrected chi connectivity index (χ2v) is 4.96. The van der Waals surface area contributed by atoms with Crippen LogP contribution >= 0.6 is 0 Å². The maximum Gasteiger partial charge on any atom is 0.255 e. The number of anilines is 1. The van der Waals surface area contributed by atoms with Crippen molar-refractivity contribution in [3.63, 3.8) is 0 Å². The van der Waals surface area contributed by atoms with E-state index in [1.165, 1.54) is 17.1 Å². The fraction of sp³-hybridized carbons (Fsp3) is 0.0667. The summed E-state index contributed by atoms with van der Waals surface area (Å²) in [5.41, 5.74) is 1.13. The molecule has 1 aromatic heterocycles. The van der Waals surface area contributed by atoms with E-state index in [1.807, 2.05) is 0 Å². The van der Waals surface area contributed by atoms with Crippen molar-refractivity contribution < 1.29 is 18.0 Å². The number of hydrogen-bond acceptors (Lipinski definition) is 4. The highest BCUT2D eigenvalue weighted by Crippen LogP contribution is 2.20. The van der Waals surface area contributed by atoms with Crippen molar-refractivity contribution in [1.82, 2.24) is 20.2 Å². The van der Waals surface area contributed by atoms with Crippen molar-refractivity contribution in [3.8, 4) is 5.69 Å². The number of tetrazole rings is 1. The summed E-state index contributed by atoms with van der Waals surface area (Å²) in [4.78, 5) is 12.2. The van der Waals surface area contributed by atoms with Gasteiger partial charge in [-0.3, -0.25) is 4.79 Å². The highest BCUT2D eigenvalue weighted by Gasteiger charge is 2.14. The second kappa shape index (κ2) is 6.11. The lowest BCUT2D eigenvalue weighted by atomic mass is 10.1. The summed E-state index contributed by atoms with van der Waals surface area (Å²) in [6, 6.07) is 5.60. The number of aryl methyl sites for hydroxylation is 1. The monoisotopic (exact) mass is 333 g/mol. The Balaban J connectivity index is 1.86. The SMILES string of the molecule is Cc1cc(C(=O)Nc2cc(F)c(F)cc2F)ccc1-n1cnnn1. The Morgan fingerprint density at radius 2 is 1.83 bits per heavy atom. The minimum Gasteiger partial charge on any atom is -0.319 e. The maximum absolute atomic E-state index is 13.6. The third-order valence-electron chi connectivity index (χ3n) is 3.31. The van der Waals surface area contributed by atoms with E-state index in [9.17, 15) is 18.0 Å². The van der Waals surface area contributed by atoms with Gasteiger partial charge in [0.2, 0.25) is 0 Å². The van der Waals surface area contributed by atoms with Gasteiger partial charge in [0.25, 0.3) is 5.91 Å². The molecule has 0 atom stereocenters. The molecule has 3 rings (SSSR count). The van der Waals surface area contributed by atoms with Crippen LogP contribution in [0.15, 0.2) is 36.7 Å². The van der Waals surface area contributed by atoms with Crippen molar-refractivity contribution in [2.24, 2.45) is 0 Å². The van der Waals surface area contributed by atoms with E-state index < -0.39 is 29.0 Å². The summed E-state index contributed by atoms with van der Waals surface area (Å²) < 4.78 is 41.1. The molecule has 1 heterocycles. The fourth-order valence-corrected chi connectivity index (χ4v) is 2.14. The summed E-state index contributed by atoms with van der Waals surface area (Å²) in [6.07, 6.45) is 1.40. The van der Waals surface area contributed by atoms with Gasteiger partial charge in [0.15, 0.2) is 11.6 Å². The Morgan fingerprint density at radius 1 is 1.08 bits per heavy atom. The normalized spacial score (nSPS) is 10.7. The number of aromatic nitrogens is 4. The molecule has 0 aliphatic carbocycles. The lowest BCUT2D eigenvalue weighted by Gasteiger charge is -2.09. The van der Waals surface area contributed by atoms with Gasteiger partial charge in [0.1, 0.15) is 12.1 Å². The number of nitrogens with one attached hydrogen (secondary N) is 1. The Bertz CT molecular complexity index is 912. The molecule has 3 aromatic rings. The summed E-state index contributed by atoms with van der Waals surface area (Å²) in [5.74, 6) is -4.31. The van der Waals surface area contributed by atoms with E-state index in [2.05, 4.69) is 20.8 Å². The van der Waals surface area contributed by atoms with Gasteiger partial charge < -0.3 is 5.32 Å². The van der Waals surface area contributed by atoms with Crippen LogP contribution in [0.2, 0.25) is 0 Å². The van der Waals surface area contributed by atoms with E-state index in [1.54, 1.807) is 19.1 Å². The zero-order valence-corrected chi connectivity index (χ0v) is 12.3. The summed E-state index contributed by atoms with van der Waals surface area (Å²) in [7, 11) is 0. The van der Waals surface area contributed by atoms with Gasteiger partial charge in [-0.15, -0.1) is 5.10 Å². The van der Waals surface area contributed by atoms with Gasteiger partial charge in [0.05, 0.1) is 11.4 Å². The van der Waals surface area contributed by atoms with Gasteiger partial charge in [-0.05, 0) is 41.1 Å². The van der Waals surface area contributed by atoms with Crippen molar-refractivity contribution in [2.75, 3.05) is 5.32 Å². The molecule has 9 heteroatoms. The Hall–Kier alpha value is -3.23. The number of hydrogen-bond donors (Lipinski definition) is 1. The highest BCUT2D eigenvalue weighted by atomic mass is 19.2. The molecule has 1 amide bonds. The zero-order chi connectivity index (χ0) is 17.3. The lowest BCUT2D eigenvalue weighted by Crippen LogP contribution is -2.14. The Labute approximate surface area is 133 Å². The van der Waals surface area contributed by atoms with Crippen LogP contribution in [-0.4, -0.2) is 26.1 Å². The van der Waals surface area contributed by atoms with Crippen LogP contribution in [0.1, 0.15) is 15.9 Å². The first-order valence-electron chi connectivity index (χ1n) is 6.75. The predicted molar refractivity (Wildman–Crippen MR) is 78.2 cm³/mol. The van der Waals surface area contributed by atoms with Crippen LogP contribution in [0.3, 0.4) is 0 Å². The summed E-state index contributed by atoms with van der Waals surface area (Å²) in [6.45, 7) is 1.74. The zero-order valence-electron chi connectivity index (χ0n) is 12.3. The molecule has 0 unspecified atom stereocenters. The second-order valence-electron chi connectivity index (χ2n) is 4.96.